The van der Waals surface area contributed by atoms with E-state index in [2.05, 4.69) is 15.9 Å². The molecule has 0 spiro atoms. The maximum atomic E-state index is 11.7. The lowest BCUT2D eigenvalue weighted by Crippen LogP contribution is -2.11. The maximum Gasteiger partial charge on any atom is 0.169 e. The Morgan fingerprint density at radius 1 is 1.22 bits per heavy atom. The van der Waals surface area contributed by atoms with E-state index in [0.29, 0.717) is 5.56 Å². The molecule has 0 radical (unpaired) electrons. The monoisotopic (exact) mass is 324 g/mol. The van der Waals surface area contributed by atoms with Gasteiger partial charge in [-0.05, 0) is 17.7 Å². The molecule has 92 valence electrons. The minimum Gasteiger partial charge on any atom is -0.229 e. The summed E-state index contributed by atoms with van der Waals surface area (Å²) >= 11 is 3.28. The molecule has 4 nitrogen and oxygen atoms in total. The number of nitrogens with zero attached hydrogens (tertiary/aromatic N) is 2. The number of hydrogen-bond donors (Lipinski definition) is 0. The van der Waals surface area contributed by atoms with E-state index in [1.807, 2.05) is 12.1 Å². The lowest BCUT2D eigenvalue weighted by Gasteiger charge is -1.99. The van der Waals surface area contributed by atoms with Crippen LogP contribution in [0.15, 0.2) is 28.7 Å². The second-order valence-electron chi connectivity index (χ2n) is 4.37. The van der Waals surface area contributed by atoms with Gasteiger partial charge in [-0.25, -0.2) is 8.42 Å². The van der Waals surface area contributed by atoms with Gasteiger partial charge in [0.25, 0.3) is 0 Å². The van der Waals surface area contributed by atoms with Crippen LogP contribution in [0.4, 0.5) is 0 Å². The van der Waals surface area contributed by atoms with Crippen molar-refractivity contribution in [1.82, 2.24) is 0 Å². The lowest BCUT2D eigenvalue weighted by atomic mass is 10.0. The molecular formula is C12H9BrN2O2S. The molecule has 0 N–H and O–H groups in total. The predicted octanol–water partition coefficient (Wildman–Crippen LogP) is 1.99. The summed E-state index contributed by atoms with van der Waals surface area (Å²) in [6, 6.07) is 10.8. The van der Waals surface area contributed by atoms with Crippen LogP contribution in [0.3, 0.4) is 0 Å². The molecular weight excluding hydrogens is 316 g/mol. The molecule has 0 bridgehead atoms. The third kappa shape index (κ3) is 1.82. The van der Waals surface area contributed by atoms with Gasteiger partial charge in [-0.15, -0.1) is 0 Å². The van der Waals surface area contributed by atoms with Crippen molar-refractivity contribution in [3.63, 3.8) is 0 Å². The van der Waals surface area contributed by atoms with Gasteiger partial charge in [0.15, 0.2) is 15.3 Å². The Balaban J connectivity index is 2.50. The molecule has 0 unspecified atom stereocenters. The highest BCUT2D eigenvalue weighted by Gasteiger charge is 2.72. The Labute approximate surface area is 114 Å². The first kappa shape index (κ1) is 13.1. The van der Waals surface area contributed by atoms with E-state index in [1.54, 1.807) is 24.3 Å². The highest BCUT2D eigenvalue weighted by atomic mass is 79.9. The molecule has 2 atom stereocenters. The van der Waals surface area contributed by atoms with Crippen molar-refractivity contribution in [3.05, 3.63) is 34.3 Å². The van der Waals surface area contributed by atoms with E-state index < -0.39 is 26.4 Å². The van der Waals surface area contributed by atoms with Gasteiger partial charge in [0, 0.05) is 16.6 Å². The van der Waals surface area contributed by atoms with Gasteiger partial charge < -0.3 is 0 Å². The number of rotatable bonds is 2. The predicted molar refractivity (Wildman–Crippen MR) is 69.2 cm³/mol. The van der Waals surface area contributed by atoms with Crippen LogP contribution >= 0.6 is 15.9 Å². The Morgan fingerprint density at radius 2 is 1.72 bits per heavy atom. The van der Waals surface area contributed by atoms with E-state index in [0.717, 1.165) is 10.7 Å². The highest BCUT2D eigenvalue weighted by molar-refractivity contribution is 9.10. The van der Waals surface area contributed by atoms with Gasteiger partial charge in [0.1, 0.15) is 5.25 Å². The fraction of sp³-hybridized carbons (Fsp3) is 0.333. The van der Waals surface area contributed by atoms with Gasteiger partial charge in [0.05, 0.1) is 12.1 Å². The molecule has 0 heterocycles. The van der Waals surface area contributed by atoms with Gasteiger partial charge in [-0.2, -0.15) is 10.5 Å². The minimum atomic E-state index is -3.43. The summed E-state index contributed by atoms with van der Waals surface area (Å²) in [5.74, 6) is -0.560. The molecule has 2 rings (SSSR count). The molecule has 0 aliphatic heterocycles. The zero-order valence-electron chi connectivity index (χ0n) is 9.46. The minimum absolute atomic E-state index is 0.560. The molecule has 6 heteroatoms. The van der Waals surface area contributed by atoms with E-state index >= 15 is 0 Å². The molecule has 1 aliphatic carbocycles. The Hall–Kier alpha value is -1.37. The summed E-state index contributed by atoms with van der Waals surface area (Å²) in [7, 11) is -3.43. The molecule has 1 aromatic rings. The van der Waals surface area contributed by atoms with Gasteiger partial charge in [-0.1, -0.05) is 28.1 Å². The van der Waals surface area contributed by atoms with Crippen molar-refractivity contribution in [2.45, 2.75) is 11.2 Å². The van der Waals surface area contributed by atoms with Crippen molar-refractivity contribution >= 4 is 25.8 Å². The first-order valence-corrected chi connectivity index (χ1v) is 7.88. The summed E-state index contributed by atoms with van der Waals surface area (Å²) < 4.78 is 24.2. The SMILES string of the molecule is CS(=O)(=O)[C@H]1[C@@H](c2ccc(Br)cc2)C1(C#N)C#N. The van der Waals surface area contributed by atoms with Gasteiger partial charge in [-0.3, -0.25) is 0 Å². The Bertz CT molecular complexity index is 654. The van der Waals surface area contributed by atoms with Crippen molar-refractivity contribution < 1.29 is 8.42 Å². The molecule has 0 aromatic heterocycles. The summed E-state index contributed by atoms with van der Waals surface area (Å²) in [5, 5.41) is 17.3. The van der Waals surface area contributed by atoms with Crippen molar-refractivity contribution in [2.24, 2.45) is 5.41 Å². The molecule has 1 saturated carbocycles. The highest BCUT2D eigenvalue weighted by Crippen LogP contribution is 2.62. The maximum absolute atomic E-state index is 11.7. The van der Waals surface area contributed by atoms with Crippen LogP contribution in [-0.2, 0) is 9.84 Å². The van der Waals surface area contributed by atoms with Crippen LogP contribution in [0.25, 0.3) is 0 Å². The van der Waals surface area contributed by atoms with Crippen LogP contribution in [0.5, 0.6) is 0 Å². The fourth-order valence-electron chi connectivity index (χ4n) is 2.34. The second-order valence-corrected chi connectivity index (χ2v) is 7.45. The normalized spacial score (nSPS) is 24.9. The lowest BCUT2D eigenvalue weighted by molar-refractivity contribution is 0.597. The average Bonchev–Trinajstić information content (AvgIpc) is 3.00. The van der Waals surface area contributed by atoms with Crippen molar-refractivity contribution in [2.75, 3.05) is 6.26 Å². The number of halogens is 1. The summed E-state index contributed by atoms with van der Waals surface area (Å²) in [6.07, 6.45) is 1.07. The first-order chi connectivity index (χ1) is 8.36. The third-order valence-corrected chi connectivity index (χ3v) is 5.29. The first-order valence-electron chi connectivity index (χ1n) is 5.13. The topological polar surface area (TPSA) is 81.7 Å². The molecule has 1 aromatic carbocycles. The Morgan fingerprint density at radius 3 is 2.06 bits per heavy atom. The van der Waals surface area contributed by atoms with Crippen LogP contribution in [0.2, 0.25) is 0 Å². The van der Waals surface area contributed by atoms with E-state index in [-0.39, 0.29) is 0 Å². The molecule has 1 fully saturated rings. The zero-order valence-corrected chi connectivity index (χ0v) is 11.9. The van der Waals surface area contributed by atoms with Crippen molar-refractivity contribution in [3.8, 4) is 12.1 Å². The second kappa shape index (κ2) is 4.08. The molecule has 0 amide bonds. The number of nitriles is 2. The largest absolute Gasteiger partial charge is 0.229 e. The summed E-state index contributed by atoms with van der Waals surface area (Å²) in [4.78, 5) is 0. The standard InChI is InChI=1S/C12H9BrN2O2S/c1-18(16,17)11-10(12(11,6-14)7-15)8-2-4-9(13)5-3-8/h2-5,10-11H,1H3/t10-,11+/m1/s1. The summed E-state index contributed by atoms with van der Waals surface area (Å²) in [6.45, 7) is 0. The fourth-order valence-corrected chi connectivity index (χ4v) is 4.32. The smallest absolute Gasteiger partial charge is 0.169 e. The molecule has 1 aliphatic rings. The van der Waals surface area contributed by atoms with E-state index in [4.69, 9.17) is 10.5 Å². The third-order valence-electron chi connectivity index (χ3n) is 3.19. The van der Waals surface area contributed by atoms with Crippen LogP contribution < -0.4 is 0 Å². The zero-order chi connectivity index (χ0) is 13.6. The number of hydrogen-bond acceptors (Lipinski definition) is 4. The van der Waals surface area contributed by atoms with Crippen molar-refractivity contribution in [1.29, 1.82) is 10.5 Å². The Kier molecular flexibility index (Phi) is 2.96. The number of sulfone groups is 1. The molecule has 18 heavy (non-hydrogen) atoms. The van der Waals surface area contributed by atoms with Crippen LogP contribution in [-0.4, -0.2) is 19.9 Å². The number of benzene rings is 1. The van der Waals surface area contributed by atoms with E-state index in [1.165, 1.54) is 0 Å². The van der Waals surface area contributed by atoms with Crippen LogP contribution in [0.1, 0.15) is 11.5 Å². The molecule has 0 saturated heterocycles. The average molecular weight is 325 g/mol. The van der Waals surface area contributed by atoms with E-state index in [9.17, 15) is 8.42 Å². The summed E-state index contributed by atoms with van der Waals surface area (Å²) in [5.41, 5.74) is -0.738. The quantitative estimate of drug-likeness (QED) is 0.833. The van der Waals surface area contributed by atoms with Crippen LogP contribution in [0, 0.1) is 28.1 Å². The van der Waals surface area contributed by atoms with Gasteiger partial charge in [0.2, 0.25) is 0 Å². The van der Waals surface area contributed by atoms with Gasteiger partial charge >= 0.3 is 0 Å².